The van der Waals surface area contributed by atoms with Gasteiger partial charge in [0.25, 0.3) is 0 Å². The van der Waals surface area contributed by atoms with Gasteiger partial charge in [-0.3, -0.25) is 0 Å². The van der Waals surface area contributed by atoms with Crippen LogP contribution in [0.15, 0.2) is 49.1 Å². The van der Waals surface area contributed by atoms with Gasteiger partial charge >= 0.3 is 0 Å². The summed E-state index contributed by atoms with van der Waals surface area (Å²) in [4.78, 5) is 0. The molecule has 0 saturated heterocycles. The van der Waals surface area contributed by atoms with E-state index in [9.17, 15) is 0 Å². The highest BCUT2D eigenvalue weighted by atomic mass is 16.3. The molecule has 0 aliphatic heterocycles. The van der Waals surface area contributed by atoms with E-state index in [-0.39, 0.29) is 0 Å². The van der Waals surface area contributed by atoms with E-state index in [1.165, 1.54) is 199 Å². The standard InChI is InChI=1S/C16H32O.C14H28O.C12H24O.C10H20O/c1-2-3-4-5-6-7-8-9-10-11-12-13-14-15-16-17;1-2-3-4-5-6-7-8-9-10-11-12-13-14-15;1-2-3-4-5-6-7-8-9-10-11-12-13;1-2-3-4-5-6-7-8-9-10-11/h7-8,17H,2-6,9-16H2,1H3;5-6,15H,2-4,7-14H2,1H3;3-4,13H,2,5-12H2,1H3;2,11H,1,3-10H2/b8-7+;6-5+;4-3+;. The molecule has 0 heterocycles. The van der Waals surface area contributed by atoms with Crippen LogP contribution < -0.4 is 0 Å². The highest BCUT2D eigenvalue weighted by molar-refractivity contribution is 4.82. The first-order valence-electron chi connectivity index (χ1n) is 24.7. The summed E-state index contributed by atoms with van der Waals surface area (Å²) in [5, 5.41) is 34.3. The third kappa shape index (κ3) is 77.3. The molecule has 0 unspecified atom stereocenters. The molecule has 0 aliphatic rings. The summed E-state index contributed by atoms with van der Waals surface area (Å²) in [6, 6.07) is 0. The van der Waals surface area contributed by atoms with Crippen LogP contribution in [-0.2, 0) is 0 Å². The third-order valence-electron chi connectivity index (χ3n) is 9.84. The Morgan fingerprint density at radius 3 is 0.768 bits per heavy atom. The van der Waals surface area contributed by atoms with Gasteiger partial charge in [0, 0.05) is 26.4 Å². The van der Waals surface area contributed by atoms with Gasteiger partial charge in [0.1, 0.15) is 0 Å². The van der Waals surface area contributed by atoms with E-state index in [0.29, 0.717) is 26.4 Å². The van der Waals surface area contributed by atoms with E-state index in [1.54, 1.807) is 0 Å². The van der Waals surface area contributed by atoms with Crippen LogP contribution in [0.3, 0.4) is 0 Å². The quantitative estimate of drug-likeness (QED) is 0.0367. The van der Waals surface area contributed by atoms with E-state index in [2.05, 4.69) is 63.8 Å². The Morgan fingerprint density at radius 1 is 0.268 bits per heavy atom. The molecule has 336 valence electrons. The smallest absolute Gasteiger partial charge is 0.0431 e. The lowest BCUT2D eigenvalue weighted by Crippen LogP contribution is -1.83. The largest absolute Gasteiger partial charge is 0.396 e. The maximum absolute atomic E-state index is 8.63. The lowest BCUT2D eigenvalue weighted by Gasteiger charge is -1.98. The summed E-state index contributed by atoms with van der Waals surface area (Å²) in [5.41, 5.74) is 0. The number of unbranched alkanes of at least 4 members (excludes halogenated alkanes) is 30. The van der Waals surface area contributed by atoms with Crippen LogP contribution in [0, 0.1) is 0 Å². The van der Waals surface area contributed by atoms with E-state index in [4.69, 9.17) is 20.4 Å². The summed E-state index contributed by atoms with van der Waals surface area (Å²) < 4.78 is 0. The molecule has 0 aromatic rings. The lowest BCUT2D eigenvalue weighted by atomic mass is 10.1. The van der Waals surface area contributed by atoms with Gasteiger partial charge < -0.3 is 20.4 Å². The maximum atomic E-state index is 8.63. The average molecular weight is 793 g/mol. The number of hydrogen-bond acceptors (Lipinski definition) is 4. The molecule has 4 nitrogen and oxygen atoms in total. The number of allylic oxidation sites excluding steroid dienone is 7. The Morgan fingerprint density at radius 2 is 0.500 bits per heavy atom. The Kier molecular flexibility index (Phi) is 75.2. The summed E-state index contributed by atoms with van der Waals surface area (Å²) in [7, 11) is 0. The minimum atomic E-state index is 0.354. The fraction of sp³-hybridized carbons (Fsp3) is 0.846. The zero-order chi connectivity index (χ0) is 41.9. The molecule has 0 amide bonds. The average Bonchev–Trinajstić information content (AvgIpc) is 3.21. The Labute approximate surface area is 353 Å². The van der Waals surface area contributed by atoms with Gasteiger partial charge in [-0.25, -0.2) is 0 Å². The summed E-state index contributed by atoms with van der Waals surface area (Å²) in [5.74, 6) is 0. The van der Waals surface area contributed by atoms with Crippen molar-refractivity contribution < 1.29 is 20.4 Å². The maximum Gasteiger partial charge on any atom is 0.0431 e. The molecule has 0 saturated carbocycles. The number of aliphatic hydroxyl groups excluding tert-OH is 4. The summed E-state index contributed by atoms with van der Waals surface area (Å²) >= 11 is 0. The molecule has 0 aliphatic carbocycles. The van der Waals surface area contributed by atoms with Crippen molar-refractivity contribution in [3.8, 4) is 0 Å². The fourth-order valence-electron chi connectivity index (χ4n) is 6.12. The first-order valence-corrected chi connectivity index (χ1v) is 24.7. The SMILES string of the molecule is C=CCCCCCCCCO.CC/C=C/CCCCCCCCO.CCCC/C=C/CCCCCCCCO.CCCCCC/C=C/CCCCCCCCO. The van der Waals surface area contributed by atoms with E-state index in [1.807, 2.05) is 6.08 Å². The number of rotatable bonds is 41. The molecule has 0 aromatic carbocycles. The van der Waals surface area contributed by atoms with Gasteiger partial charge in [0.15, 0.2) is 0 Å². The molecular formula is C52H104O4. The van der Waals surface area contributed by atoms with E-state index in [0.717, 1.165) is 38.5 Å². The van der Waals surface area contributed by atoms with Crippen molar-refractivity contribution in [2.24, 2.45) is 0 Å². The Bertz CT molecular complexity index is 701. The van der Waals surface area contributed by atoms with Crippen molar-refractivity contribution in [3.05, 3.63) is 49.1 Å². The monoisotopic (exact) mass is 793 g/mol. The van der Waals surface area contributed by atoms with Gasteiger partial charge in [-0.05, 0) is 103 Å². The lowest BCUT2D eigenvalue weighted by molar-refractivity contribution is 0.282. The molecule has 0 fully saturated rings. The molecule has 0 spiro atoms. The molecule has 0 aromatic heterocycles. The van der Waals surface area contributed by atoms with Gasteiger partial charge in [0.2, 0.25) is 0 Å². The zero-order valence-corrected chi connectivity index (χ0v) is 38.5. The zero-order valence-electron chi connectivity index (χ0n) is 38.5. The molecule has 0 atom stereocenters. The van der Waals surface area contributed by atoms with Crippen LogP contribution in [0.4, 0.5) is 0 Å². The molecule has 0 rings (SSSR count). The molecule has 4 N–H and O–H groups in total. The second-order valence-corrected chi connectivity index (χ2v) is 15.6. The van der Waals surface area contributed by atoms with Gasteiger partial charge in [-0.1, -0.05) is 198 Å². The van der Waals surface area contributed by atoms with Crippen LogP contribution in [0.25, 0.3) is 0 Å². The molecule has 4 heteroatoms. The van der Waals surface area contributed by atoms with Crippen LogP contribution in [0.1, 0.15) is 258 Å². The topological polar surface area (TPSA) is 80.9 Å². The Balaban J connectivity index is -0.000000326. The van der Waals surface area contributed by atoms with Gasteiger partial charge in [0.05, 0.1) is 0 Å². The van der Waals surface area contributed by atoms with E-state index < -0.39 is 0 Å². The number of hydrogen-bond donors (Lipinski definition) is 4. The van der Waals surface area contributed by atoms with Crippen molar-refractivity contribution in [1.29, 1.82) is 0 Å². The van der Waals surface area contributed by atoms with Crippen LogP contribution in [0.5, 0.6) is 0 Å². The molecule has 0 radical (unpaired) electrons. The van der Waals surface area contributed by atoms with Crippen LogP contribution >= 0.6 is 0 Å². The van der Waals surface area contributed by atoms with Gasteiger partial charge in [-0.15, -0.1) is 6.58 Å². The van der Waals surface area contributed by atoms with Crippen molar-refractivity contribution in [2.75, 3.05) is 26.4 Å². The summed E-state index contributed by atoms with van der Waals surface area (Å²) in [6.07, 6.45) is 62.4. The molecule has 0 bridgehead atoms. The molecular weight excluding hydrogens is 689 g/mol. The highest BCUT2D eigenvalue weighted by Gasteiger charge is 1.92. The van der Waals surface area contributed by atoms with Crippen molar-refractivity contribution >= 4 is 0 Å². The molecule has 56 heavy (non-hydrogen) atoms. The normalized spacial score (nSPS) is 11.1. The van der Waals surface area contributed by atoms with Gasteiger partial charge in [-0.2, -0.15) is 0 Å². The second-order valence-electron chi connectivity index (χ2n) is 15.6. The summed E-state index contributed by atoms with van der Waals surface area (Å²) in [6.45, 7) is 11.8. The first kappa shape index (κ1) is 61.5. The van der Waals surface area contributed by atoms with E-state index >= 15 is 0 Å². The number of aliphatic hydroxyl groups is 4. The first-order chi connectivity index (χ1) is 27.7. The van der Waals surface area contributed by atoms with Crippen molar-refractivity contribution in [2.45, 2.75) is 258 Å². The highest BCUT2D eigenvalue weighted by Crippen LogP contribution is 2.11. The predicted octanol–water partition coefficient (Wildman–Crippen LogP) is 16.3. The van der Waals surface area contributed by atoms with Crippen LogP contribution in [0.2, 0.25) is 0 Å². The minimum absolute atomic E-state index is 0.354. The van der Waals surface area contributed by atoms with Crippen molar-refractivity contribution in [1.82, 2.24) is 0 Å². The minimum Gasteiger partial charge on any atom is -0.396 e. The fourth-order valence-corrected chi connectivity index (χ4v) is 6.12. The van der Waals surface area contributed by atoms with Crippen LogP contribution in [-0.4, -0.2) is 46.9 Å². The Hall–Kier alpha value is -1.20. The third-order valence-corrected chi connectivity index (χ3v) is 9.84. The second kappa shape index (κ2) is 68.5. The van der Waals surface area contributed by atoms with Crippen molar-refractivity contribution in [3.63, 3.8) is 0 Å². The predicted molar refractivity (Wildman–Crippen MR) is 254 cm³/mol.